The average Bonchev–Trinajstić information content (AvgIpc) is 3.03. The lowest BCUT2D eigenvalue weighted by atomic mass is 10.1. The third-order valence-electron chi connectivity index (χ3n) is 4.30. The molecule has 0 radical (unpaired) electrons. The van der Waals surface area contributed by atoms with Crippen LogP contribution in [0.3, 0.4) is 0 Å². The molecule has 0 aliphatic rings. The van der Waals surface area contributed by atoms with Crippen LogP contribution in [0.4, 0.5) is 0 Å². The standard InChI is InChI=1S/C20H16N2OS/c23-21-20(24)18-8-7-16-9-10-22(19(16)12-18)13-14-5-6-15-3-1-2-4-17(15)11-14/h1-12,23H,13H2,(H,21,24). The first-order valence-electron chi connectivity index (χ1n) is 7.75. The minimum absolute atomic E-state index is 0.329. The summed E-state index contributed by atoms with van der Waals surface area (Å²) in [4.78, 5) is 0.329. The number of nitrogens with zero attached hydrogens (tertiary/aromatic N) is 1. The highest BCUT2D eigenvalue weighted by Crippen LogP contribution is 2.21. The maximum Gasteiger partial charge on any atom is 0.130 e. The molecule has 3 nitrogen and oxygen atoms in total. The van der Waals surface area contributed by atoms with Crippen molar-refractivity contribution < 1.29 is 5.21 Å². The number of benzene rings is 3. The molecule has 0 saturated carbocycles. The minimum Gasteiger partial charge on any atom is -0.343 e. The Kier molecular flexibility index (Phi) is 3.76. The van der Waals surface area contributed by atoms with E-state index in [-0.39, 0.29) is 0 Å². The van der Waals surface area contributed by atoms with Gasteiger partial charge in [-0.15, -0.1) is 0 Å². The number of hydrogen-bond acceptors (Lipinski definition) is 2. The van der Waals surface area contributed by atoms with Crippen LogP contribution in [0.5, 0.6) is 0 Å². The molecule has 4 heteroatoms. The summed E-state index contributed by atoms with van der Waals surface area (Å²) in [5, 5.41) is 12.7. The van der Waals surface area contributed by atoms with Gasteiger partial charge in [-0.05, 0) is 39.9 Å². The molecular formula is C20H16N2OS. The van der Waals surface area contributed by atoms with Crippen LogP contribution in [-0.4, -0.2) is 14.8 Å². The third kappa shape index (κ3) is 2.66. The van der Waals surface area contributed by atoms with Crippen LogP contribution in [0.2, 0.25) is 0 Å². The Morgan fingerprint density at radius 3 is 2.54 bits per heavy atom. The molecule has 0 bridgehead atoms. The largest absolute Gasteiger partial charge is 0.343 e. The quantitative estimate of drug-likeness (QED) is 0.428. The van der Waals surface area contributed by atoms with Crippen molar-refractivity contribution in [2.24, 2.45) is 0 Å². The van der Waals surface area contributed by atoms with Crippen LogP contribution < -0.4 is 5.48 Å². The second-order valence-electron chi connectivity index (χ2n) is 5.84. The summed E-state index contributed by atoms with van der Waals surface area (Å²) in [5.74, 6) is 0. The highest BCUT2D eigenvalue weighted by atomic mass is 32.1. The number of hydrogen-bond donors (Lipinski definition) is 2. The molecule has 0 aliphatic heterocycles. The van der Waals surface area contributed by atoms with Gasteiger partial charge in [-0.1, -0.05) is 60.7 Å². The first kappa shape index (κ1) is 14.9. The van der Waals surface area contributed by atoms with E-state index in [1.165, 1.54) is 16.3 Å². The summed E-state index contributed by atoms with van der Waals surface area (Å²) in [6.45, 7) is 0.789. The highest BCUT2D eigenvalue weighted by molar-refractivity contribution is 7.80. The lowest BCUT2D eigenvalue weighted by molar-refractivity contribution is 0.238. The third-order valence-corrected chi connectivity index (χ3v) is 4.63. The van der Waals surface area contributed by atoms with E-state index >= 15 is 0 Å². The van der Waals surface area contributed by atoms with Crippen LogP contribution in [0.1, 0.15) is 11.1 Å². The molecule has 1 heterocycles. The van der Waals surface area contributed by atoms with Crippen molar-refractivity contribution in [3.05, 3.63) is 84.1 Å². The summed E-state index contributed by atoms with van der Waals surface area (Å²) >= 11 is 5.11. The minimum atomic E-state index is 0.329. The van der Waals surface area contributed by atoms with Crippen LogP contribution in [0.15, 0.2) is 72.9 Å². The second kappa shape index (κ2) is 6.07. The summed E-state index contributed by atoms with van der Waals surface area (Å²) in [5.41, 5.74) is 5.20. The molecule has 118 valence electrons. The number of nitrogens with one attached hydrogen (secondary N) is 1. The Balaban J connectivity index is 1.73. The van der Waals surface area contributed by atoms with Crippen molar-refractivity contribution in [1.29, 1.82) is 0 Å². The van der Waals surface area contributed by atoms with Crippen molar-refractivity contribution in [2.75, 3.05) is 0 Å². The van der Waals surface area contributed by atoms with Gasteiger partial charge in [0.1, 0.15) is 4.99 Å². The van der Waals surface area contributed by atoms with E-state index in [0.29, 0.717) is 4.99 Å². The molecule has 0 spiro atoms. The van der Waals surface area contributed by atoms with Gasteiger partial charge in [-0.25, -0.2) is 0 Å². The maximum atomic E-state index is 9.02. The fourth-order valence-electron chi connectivity index (χ4n) is 3.06. The van der Waals surface area contributed by atoms with Crippen LogP contribution in [0.25, 0.3) is 21.7 Å². The van der Waals surface area contributed by atoms with E-state index in [9.17, 15) is 0 Å². The molecule has 0 fully saturated rings. The van der Waals surface area contributed by atoms with E-state index in [2.05, 4.69) is 59.3 Å². The Morgan fingerprint density at radius 2 is 1.71 bits per heavy atom. The average molecular weight is 332 g/mol. The summed E-state index contributed by atoms with van der Waals surface area (Å²) in [7, 11) is 0. The molecule has 0 unspecified atom stereocenters. The first-order chi connectivity index (χ1) is 11.7. The Morgan fingerprint density at radius 1 is 0.917 bits per heavy atom. The molecule has 4 rings (SSSR count). The molecule has 0 amide bonds. The summed E-state index contributed by atoms with van der Waals surface area (Å²) in [6.07, 6.45) is 2.08. The molecule has 2 N–H and O–H groups in total. The van der Waals surface area contributed by atoms with Gasteiger partial charge in [-0.2, -0.15) is 0 Å². The van der Waals surface area contributed by atoms with Crippen molar-refractivity contribution >= 4 is 38.9 Å². The van der Waals surface area contributed by atoms with Crippen molar-refractivity contribution in [3.8, 4) is 0 Å². The molecular weight excluding hydrogens is 316 g/mol. The van der Waals surface area contributed by atoms with Gasteiger partial charge in [0.15, 0.2) is 0 Å². The van der Waals surface area contributed by atoms with Crippen molar-refractivity contribution in [3.63, 3.8) is 0 Å². The van der Waals surface area contributed by atoms with Gasteiger partial charge in [0.2, 0.25) is 0 Å². The number of hydroxylamine groups is 1. The number of aromatic nitrogens is 1. The van der Waals surface area contributed by atoms with Gasteiger partial charge in [0.25, 0.3) is 0 Å². The molecule has 0 aliphatic carbocycles. The maximum absolute atomic E-state index is 9.02. The Bertz CT molecular complexity index is 1050. The predicted molar refractivity (Wildman–Crippen MR) is 102 cm³/mol. The monoisotopic (exact) mass is 332 g/mol. The smallest absolute Gasteiger partial charge is 0.130 e. The van der Waals surface area contributed by atoms with Crippen LogP contribution in [0, 0.1) is 0 Å². The van der Waals surface area contributed by atoms with E-state index in [1.807, 2.05) is 23.7 Å². The summed E-state index contributed by atoms with van der Waals surface area (Å²) < 4.78 is 2.20. The van der Waals surface area contributed by atoms with E-state index in [4.69, 9.17) is 17.4 Å². The Hall–Kier alpha value is -2.69. The van der Waals surface area contributed by atoms with Crippen LogP contribution in [-0.2, 0) is 6.54 Å². The van der Waals surface area contributed by atoms with Gasteiger partial charge >= 0.3 is 0 Å². The molecule has 0 saturated heterocycles. The normalized spacial score (nSPS) is 11.0. The lowest BCUT2D eigenvalue weighted by Crippen LogP contribution is -2.17. The highest BCUT2D eigenvalue weighted by Gasteiger charge is 2.06. The first-order valence-corrected chi connectivity index (χ1v) is 8.16. The van der Waals surface area contributed by atoms with Crippen molar-refractivity contribution in [2.45, 2.75) is 6.54 Å². The molecule has 4 aromatic rings. The lowest BCUT2D eigenvalue weighted by Gasteiger charge is -2.09. The van der Waals surface area contributed by atoms with Crippen LogP contribution >= 0.6 is 12.2 Å². The number of thiocarbonyl (C=S) groups is 1. The molecule has 1 aromatic heterocycles. The van der Waals surface area contributed by atoms with Gasteiger partial charge in [0, 0.05) is 23.8 Å². The fourth-order valence-corrected chi connectivity index (χ4v) is 3.19. The zero-order valence-corrected chi connectivity index (χ0v) is 13.8. The van der Waals surface area contributed by atoms with Gasteiger partial charge in [0.05, 0.1) is 0 Å². The van der Waals surface area contributed by atoms with Gasteiger partial charge in [-0.3, -0.25) is 10.7 Å². The topological polar surface area (TPSA) is 37.2 Å². The zero-order chi connectivity index (χ0) is 16.5. The molecule has 0 atom stereocenters. The predicted octanol–water partition coefficient (Wildman–Crippen LogP) is 4.50. The van der Waals surface area contributed by atoms with E-state index in [0.717, 1.165) is 23.0 Å². The number of fused-ring (bicyclic) bond motifs is 2. The van der Waals surface area contributed by atoms with Crippen molar-refractivity contribution in [1.82, 2.24) is 10.0 Å². The van der Waals surface area contributed by atoms with Gasteiger partial charge < -0.3 is 4.57 Å². The summed E-state index contributed by atoms with van der Waals surface area (Å²) in [6, 6.07) is 23.0. The Labute approximate surface area is 145 Å². The second-order valence-corrected chi connectivity index (χ2v) is 6.25. The zero-order valence-electron chi connectivity index (χ0n) is 12.9. The molecule has 3 aromatic carbocycles. The van der Waals surface area contributed by atoms with E-state index < -0.39 is 0 Å². The fraction of sp³-hybridized carbons (Fsp3) is 0.0500. The van der Waals surface area contributed by atoms with E-state index in [1.54, 1.807) is 0 Å². The number of rotatable bonds is 3. The SMILES string of the molecule is ONC(=S)c1ccc2ccn(Cc3ccc4ccccc4c3)c2c1. The molecule has 24 heavy (non-hydrogen) atoms.